The van der Waals surface area contributed by atoms with Crippen LogP contribution < -0.4 is 5.73 Å². The lowest BCUT2D eigenvalue weighted by Crippen LogP contribution is -2.34. The first-order valence-electron chi connectivity index (χ1n) is 11.0. The summed E-state index contributed by atoms with van der Waals surface area (Å²) in [6, 6.07) is 13.5. The molecule has 2 aromatic heterocycles. The van der Waals surface area contributed by atoms with Gasteiger partial charge in [0.25, 0.3) is 5.91 Å². The fourth-order valence-electron chi connectivity index (χ4n) is 4.50. The fraction of sp³-hybridized carbons (Fsp3) is 0.320. The van der Waals surface area contributed by atoms with E-state index in [0.717, 1.165) is 38.9 Å². The van der Waals surface area contributed by atoms with Crippen molar-refractivity contribution in [1.29, 1.82) is 0 Å². The number of para-hydroxylation sites is 2. The molecule has 0 aliphatic carbocycles. The highest BCUT2D eigenvalue weighted by atomic mass is 16.5. The van der Waals surface area contributed by atoms with E-state index < -0.39 is 0 Å². The number of nitrogens with two attached hydrogens (primary N) is 1. The Morgan fingerprint density at radius 3 is 2.81 bits per heavy atom. The third-order valence-corrected chi connectivity index (χ3v) is 5.95. The number of nitrogens with one attached hydrogen (secondary N) is 1. The lowest BCUT2D eigenvalue weighted by atomic mass is 10.00. The molecular weight excluding hydrogens is 402 g/mol. The molecule has 1 aliphatic heterocycles. The third-order valence-electron chi connectivity index (χ3n) is 5.95. The van der Waals surface area contributed by atoms with Gasteiger partial charge in [0, 0.05) is 23.1 Å². The molecule has 1 unspecified atom stereocenters. The molecule has 0 bridgehead atoms. The predicted molar refractivity (Wildman–Crippen MR) is 125 cm³/mol. The maximum atomic E-state index is 13.6. The summed E-state index contributed by atoms with van der Waals surface area (Å²) in [7, 11) is 0. The second-order valence-electron chi connectivity index (χ2n) is 8.85. The maximum absolute atomic E-state index is 13.6. The van der Waals surface area contributed by atoms with Crippen molar-refractivity contribution >= 4 is 33.7 Å². The van der Waals surface area contributed by atoms with Crippen molar-refractivity contribution in [3.05, 3.63) is 65.0 Å². The van der Waals surface area contributed by atoms with Crippen LogP contribution in [0.3, 0.4) is 0 Å². The highest BCUT2D eigenvalue weighted by Gasteiger charge is 2.26. The Morgan fingerprint density at radius 2 is 2.03 bits per heavy atom. The van der Waals surface area contributed by atoms with Crippen LogP contribution in [0, 0.1) is 5.92 Å². The number of H-pyrrole nitrogens is 1. The Labute approximate surface area is 186 Å². The molecule has 1 amide bonds. The molecule has 0 saturated carbocycles. The largest absolute Gasteiger partial charge is 0.383 e. The minimum atomic E-state index is -0.0909. The molecule has 0 saturated heterocycles. The van der Waals surface area contributed by atoms with E-state index in [9.17, 15) is 4.79 Å². The smallest absolute Gasteiger partial charge is 0.254 e. The van der Waals surface area contributed by atoms with Crippen LogP contribution in [0.4, 0.5) is 5.82 Å². The van der Waals surface area contributed by atoms with Gasteiger partial charge in [-0.25, -0.2) is 9.97 Å². The van der Waals surface area contributed by atoms with Crippen LogP contribution in [-0.4, -0.2) is 32.3 Å². The first-order chi connectivity index (χ1) is 15.4. The van der Waals surface area contributed by atoms with Crippen molar-refractivity contribution in [1.82, 2.24) is 19.9 Å². The van der Waals surface area contributed by atoms with Crippen molar-refractivity contribution in [2.45, 2.75) is 40.0 Å². The van der Waals surface area contributed by atoms with E-state index in [1.165, 1.54) is 0 Å². The number of nitrogens with zero attached hydrogens (tertiary/aromatic N) is 3. The number of nitrogen functional groups attached to an aromatic ring is 1. The molecule has 2 aromatic carbocycles. The highest BCUT2D eigenvalue weighted by Crippen LogP contribution is 2.38. The zero-order chi connectivity index (χ0) is 22.4. The van der Waals surface area contributed by atoms with Gasteiger partial charge in [0.2, 0.25) is 0 Å². The van der Waals surface area contributed by atoms with Gasteiger partial charge in [-0.1, -0.05) is 26.0 Å². The molecule has 0 fully saturated rings. The standard InChI is InChI=1S/C25H27N5O2/c1-14(2)11-30(12-22-27-20-6-4-5-7-21(20)28-22)25(31)16-8-9-19-17(10-16)18-13-32-15(3)23(18)24(26)29-19/h4-10,14-15H,11-13H2,1-3H3,(H2,26,29)(H,27,28). The first-order valence-corrected chi connectivity index (χ1v) is 11.0. The van der Waals surface area contributed by atoms with E-state index >= 15 is 0 Å². The van der Waals surface area contributed by atoms with E-state index in [4.69, 9.17) is 10.5 Å². The summed E-state index contributed by atoms with van der Waals surface area (Å²) >= 11 is 0. The zero-order valence-electron chi connectivity index (χ0n) is 18.6. The molecule has 1 aliphatic rings. The van der Waals surface area contributed by atoms with Crippen molar-refractivity contribution < 1.29 is 9.53 Å². The number of ether oxygens (including phenoxy) is 1. The Morgan fingerprint density at radius 1 is 1.22 bits per heavy atom. The topological polar surface area (TPSA) is 97.1 Å². The number of carbonyl (C=O) groups excluding carboxylic acids is 1. The summed E-state index contributed by atoms with van der Waals surface area (Å²) in [6.07, 6.45) is -0.0909. The van der Waals surface area contributed by atoms with E-state index in [2.05, 4.69) is 28.8 Å². The predicted octanol–water partition coefficient (Wildman–Crippen LogP) is 4.58. The summed E-state index contributed by atoms with van der Waals surface area (Å²) in [6.45, 7) is 7.72. The SMILES string of the molecule is CC(C)CN(Cc1nc2ccccc2[nH]1)C(=O)c1ccc2nc(N)c3c(c2c1)COC3C. The average molecular weight is 430 g/mol. The number of pyridine rings is 1. The summed E-state index contributed by atoms with van der Waals surface area (Å²) < 4.78 is 5.79. The number of carbonyl (C=O) groups is 1. The van der Waals surface area contributed by atoms with Crippen molar-refractivity contribution in [2.75, 3.05) is 12.3 Å². The lowest BCUT2D eigenvalue weighted by molar-refractivity contribution is 0.0718. The summed E-state index contributed by atoms with van der Waals surface area (Å²) in [5.41, 5.74) is 11.4. The molecule has 3 N–H and O–H groups in total. The molecule has 0 spiro atoms. The number of fused-ring (bicyclic) bond motifs is 4. The Balaban J connectivity index is 1.51. The number of anilines is 1. The fourth-order valence-corrected chi connectivity index (χ4v) is 4.50. The third kappa shape index (κ3) is 3.58. The highest BCUT2D eigenvalue weighted by molar-refractivity contribution is 5.99. The molecule has 5 rings (SSSR count). The monoisotopic (exact) mass is 429 g/mol. The van der Waals surface area contributed by atoms with Crippen LogP contribution in [0.5, 0.6) is 0 Å². The number of hydrogen-bond donors (Lipinski definition) is 2. The molecular formula is C25H27N5O2. The second-order valence-corrected chi connectivity index (χ2v) is 8.85. The molecule has 0 radical (unpaired) electrons. The zero-order valence-corrected chi connectivity index (χ0v) is 18.6. The number of aromatic nitrogens is 3. The number of hydrogen-bond acceptors (Lipinski definition) is 5. The van der Waals surface area contributed by atoms with E-state index in [1.807, 2.05) is 54.3 Å². The van der Waals surface area contributed by atoms with Crippen LogP contribution in [0.25, 0.3) is 21.9 Å². The Hall–Kier alpha value is -3.45. The van der Waals surface area contributed by atoms with Gasteiger partial charge in [-0.15, -0.1) is 0 Å². The molecule has 1 atom stereocenters. The number of amides is 1. The van der Waals surface area contributed by atoms with E-state index in [0.29, 0.717) is 37.0 Å². The van der Waals surface area contributed by atoms with Crippen LogP contribution in [0.2, 0.25) is 0 Å². The lowest BCUT2D eigenvalue weighted by Gasteiger charge is -2.24. The van der Waals surface area contributed by atoms with Gasteiger partial charge in [0.05, 0.1) is 35.8 Å². The Kier molecular flexibility index (Phi) is 5.06. The van der Waals surface area contributed by atoms with Gasteiger partial charge < -0.3 is 20.4 Å². The van der Waals surface area contributed by atoms with Gasteiger partial charge in [0.15, 0.2) is 0 Å². The number of benzene rings is 2. The van der Waals surface area contributed by atoms with Crippen LogP contribution in [-0.2, 0) is 17.9 Å². The van der Waals surface area contributed by atoms with Gasteiger partial charge in [0.1, 0.15) is 11.6 Å². The molecule has 7 nitrogen and oxygen atoms in total. The molecule has 3 heterocycles. The van der Waals surface area contributed by atoms with E-state index in [1.54, 1.807) is 0 Å². The van der Waals surface area contributed by atoms with Crippen molar-refractivity contribution in [3.63, 3.8) is 0 Å². The van der Waals surface area contributed by atoms with Crippen molar-refractivity contribution in [3.8, 4) is 0 Å². The van der Waals surface area contributed by atoms with Crippen LogP contribution in [0.1, 0.15) is 54.2 Å². The van der Waals surface area contributed by atoms with Gasteiger partial charge in [-0.2, -0.15) is 0 Å². The average Bonchev–Trinajstić information content (AvgIpc) is 3.36. The van der Waals surface area contributed by atoms with Gasteiger partial charge >= 0.3 is 0 Å². The van der Waals surface area contributed by atoms with E-state index in [-0.39, 0.29) is 12.0 Å². The summed E-state index contributed by atoms with van der Waals surface area (Å²) in [4.78, 5) is 28.0. The number of aromatic amines is 1. The van der Waals surface area contributed by atoms with Gasteiger partial charge in [-0.3, -0.25) is 4.79 Å². The first kappa shape index (κ1) is 20.5. The summed E-state index contributed by atoms with van der Waals surface area (Å²) in [5.74, 6) is 1.57. The molecule has 164 valence electrons. The molecule has 32 heavy (non-hydrogen) atoms. The molecule has 4 aromatic rings. The normalized spacial score (nSPS) is 15.6. The Bertz CT molecular complexity index is 1290. The quantitative estimate of drug-likeness (QED) is 0.484. The number of rotatable bonds is 5. The minimum absolute atomic E-state index is 0.0291. The second kappa shape index (κ2) is 7.91. The van der Waals surface area contributed by atoms with Gasteiger partial charge in [-0.05, 0) is 48.7 Å². The van der Waals surface area contributed by atoms with Crippen molar-refractivity contribution in [2.24, 2.45) is 5.92 Å². The maximum Gasteiger partial charge on any atom is 0.254 e. The summed E-state index contributed by atoms with van der Waals surface area (Å²) in [5, 5.41) is 0.928. The van der Waals surface area contributed by atoms with Crippen LogP contribution >= 0.6 is 0 Å². The van der Waals surface area contributed by atoms with Crippen LogP contribution in [0.15, 0.2) is 42.5 Å². The minimum Gasteiger partial charge on any atom is -0.383 e. The number of imidazole rings is 1. The molecule has 7 heteroatoms.